The minimum absolute atomic E-state index is 0.106. The van der Waals surface area contributed by atoms with E-state index in [1.165, 1.54) is 19.3 Å². The number of fused-ring (bicyclic) bond motifs is 1. The van der Waals surface area contributed by atoms with Crippen LogP contribution in [0.5, 0.6) is 0 Å². The van der Waals surface area contributed by atoms with Crippen LogP contribution in [0, 0.1) is 6.92 Å². The van der Waals surface area contributed by atoms with Crippen LogP contribution in [0.3, 0.4) is 0 Å². The van der Waals surface area contributed by atoms with Gasteiger partial charge in [0.25, 0.3) is 5.56 Å². The van der Waals surface area contributed by atoms with E-state index in [-0.39, 0.29) is 5.56 Å². The van der Waals surface area contributed by atoms with Crippen LogP contribution in [0.25, 0.3) is 5.65 Å². The average Bonchev–Trinajstić information content (AvgIpc) is 2.83. The number of rotatable bonds is 2. The topological polar surface area (TPSA) is 50.2 Å². The maximum atomic E-state index is 12.7. The van der Waals surface area contributed by atoms with Crippen molar-refractivity contribution in [2.45, 2.75) is 58.3 Å². The van der Waals surface area contributed by atoms with Gasteiger partial charge < -0.3 is 0 Å². The molecule has 0 aromatic carbocycles. The first-order valence-electron chi connectivity index (χ1n) is 7.32. The van der Waals surface area contributed by atoms with Gasteiger partial charge in [-0.1, -0.05) is 26.2 Å². The Morgan fingerprint density at radius 1 is 1.37 bits per heavy atom. The van der Waals surface area contributed by atoms with Gasteiger partial charge in [-0.05, 0) is 32.1 Å². The van der Waals surface area contributed by atoms with E-state index in [9.17, 15) is 4.79 Å². The summed E-state index contributed by atoms with van der Waals surface area (Å²) in [6.07, 6.45) is 8.81. The summed E-state index contributed by atoms with van der Waals surface area (Å²) in [5.74, 6) is 0.402. The zero-order valence-corrected chi connectivity index (χ0v) is 11.7. The highest BCUT2D eigenvalue weighted by atomic mass is 16.1. The average molecular weight is 259 g/mol. The predicted octanol–water partition coefficient (Wildman–Crippen LogP) is 2.94. The molecule has 2 aromatic heterocycles. The number of aromatic amines is 1. The molecular formula is C15H21N3O. The molecule has 1 aliphatic carbocycles. The molecule has 0 amide bonds. The molecule has 0 aliphatic heterocycles. The van der Waals surface area contributed by atoms with Crippen LogP contribution in [0.15, 0.2) is 11.0 Å². The second-order valence-corrected chi connectivity index (χ2v) is 5.56. The van der Waals surface area contributed by atoms with Gasteiger partial charge in [0.1, 0.15) is 0 Å². The van der Waals surface area contributed by atoms with Crippen LogP contribution in [-0.2, 0) is 6.42 Å². The van der Waals surface area contributed by atoms with E-state index in [1.54, 1.807) is 4.52 Å². The molecule has 0 saturated heterocycles. The predicted molar refractivity (Wildman–Crippen MR) is 75.8 cm³/mol. The van der Waals surface area contributed by atoms with Gasteiger partial charge in [-0.25, -0.2) is 9.50 Å². The third kappa shape index (κ3) is 1.99. The molecule has 19 heavy (non-hydrogen) atoms. The van der Waals surface area contributed by atoms with E-state index in [0.29, 0.717) is 5.92 Å². The minimum Gasteiger partial charge on any atom is -0.297 e. The third-order valence-electron chi connectivity index (χ3n) is 4.36. The maximum Gasteiger partial charge on any atom is 0.276 e. The van der Waals surface area contributed by atoms with Crippen LogP contribution >= 0.6 is 0 Å². The number of aryl methyl sites for hydroxylation is 2. The second-order valence-electron chi connectivity index (χ2n) is 5.56. The summed E-state index contributed by atoms with van der Waals surface area (Å²) in [5, 5.41) is 3.06. The molecule has 4 heteroatoms. The van der Waals surface area contributed by atoms with Gasteiger partial charge in [0, 0.05) is 23.0 Å². The zero-order chi connectivity index (χ0) is 13.4. The van der Waals surface area contributed by atoms with Crippen molar-refractivity contribution in [3.63, 3.8) is 0 Å². The SMILES string of the molecule is CCc1c[nH]n2c(=O)c(C3CCCCC3)c(C)nc12. The second kappa shape index (κ2) is 4.83. The molecule has 0 unspecified atom stereocenters. The lowest BCUT2D eigenvalue weighted by Crippen LogP contribution is -2.25. The Balaban J connectivity index is 2.17. The summed E-state index contributed by atoms with van der Waals surface area (Å²) in [7, 11) is 0. The largest absolute Gasteiger partial charge is 0.297 e. The first-order valence-corrected chi connectivity index (χ1v) is 7.32. The highest BCUT2D eigenvalue weighted by molar-refractivity contribution is 5.48. The Kier molecular flexibility index (Phi) is 3.17. The fraction of sp³-hybridized carbons (Fsp3) is 0.600. The fourth-order valence-corrected chi connectivity index (χ4v) is 3.30. The normalized spacial score (nSPS) is 17.2. The van der Waals surface area contributed by atoms with Crippen molar-refractivity contribution >= 4 is 5.65 Å². The molecule has 1 N–H and O–H groups in total. The quantitative estimate of drug-likeness (QED) is 0.901. The maximum absolute atomic E-state index is 12.7. The Morgan fingerprint density at radius 2 is 2.11 bits per heavy atom. The number of aromatic nitrogens is 3. The Hall–Kier alpha value is -1.58. The highest BCUT2D eigenvalue weighted by Gasteiger charge is 2.23. The van der Waals surface area contributed by atoms with Crippen molar-refractivity contribution in [2.75, 3.05) is 0 Å². The minimum atomic E-state index is 0.106. The molecule has 2 aromatic rings. The van der Waals surface area contributed by atoms with Gasteiger partial charge in [0.15, 0.2) is 5.65 Å². The smallest absolute Gasteiger partial charge is 0.276 e. The number of nitrogens with zero attached hydrogens (tertiary/aromatic N) is 2. The van der Waals surface area contributed by atoms with E-state index in [0.717, 1.165) is 41.7 Å². The van der Waals surface area contributed by atoms with Gasteiger partial charge in [0.2, 0.25) is 0 Å². The van der Waals surface area contributed by atoms with Crippen molar-refractivity contribution < 1.29 is 0 Å². The number of hydrogen-bond acceptors (Lipinski definition) is 2. The zero-order valence-electron chi connectivity index (χ0n) is 11.7. The van der Waals surface area contributed by atoms with Crippen LogP contribution in [0.4, 0.5) is 0 Å². The Labute approximate surface area is 112 Å². The highest BCUT2D eigenvalue weighted by Crippen LogP contribution is 2.32. The lowest BCUT2D eigenvalue weighted by Gasteiger charge is -2.22. The van der Waals surface area contributed by atoms with Crippen molar-refractivity contribution in [1.82, 2.24) is 14.6 Å². The molecule has 0 spiro atoms. The molecule has 0 radical (unpaired) electrons. The van der Waals surface area contributed by atoms with Gasteiger partial charge in [-0.2, -0.15) is 0 Å². The molecule has 4 nitrogen and oxygen atoms in total. The molecule has 3 rings (SSSR count). The first kappa shape index (κ1) is 12.5. The van der Waals surface area contributed by atoms with Gasteiger partial charge in [-0.15, -0.1) is 0 Å². The summed E-state index contributed by atoms with van der Waals surface area (Å²) in [4.78, 5) is 17.3. The van der Waals surface area contributed by atoms with Crippen molar-refractivity contribution in [3.05, 3.63) is 33.4 Å². The van der Waals surface area contributed by atoms with Crippen LogP contribution < -0.4 is 5.56 Å². The number of hydrogen-bond donors (Lipinski definition) is 1. The summed E-state index contributed by atoms with van der Waals surface area (Å²) in [5.41, 5.74) is 3.86. The summed E-state index contributed by atoms with van der Waals surface area (Å²) < 4.78 is 1.62. The van der Waals surface area contributed by atoms with Crippen molar-refractivity contribution in [3.8, 4) is 0 Å². The lowest BCUT2D eigenvalue weighted by molar-refractivity contribution is 0.437. The van der Waals surface area contributed by atoms with Crippen molar-refractivity contribution in [1.29, 1.82) is 0 Å². The first-order chi connectivity index (χ1) is 9.22. The lowest BCUT2D eigenvalue weighted by atomic mass is 9.84. The monoisotopic (exact) mass is 259 g/mol. The van der Waals surface area contributed by atoms with Gasteiger partial charge >= 0.3 is 0 Å². The Bertz CT molecular complexity index is 647. The Morgan fingerprint density at radius 3 is 2.79 bits per heavy atom. The van der Waals surface area contributed by atoms with Crippen LogP contribution in [0.1, 0.15) is 61.8 Å². The van der Waals surface area contributed by atoms with E-state index < -0.39 is 0 Å². The molecule has 0 bridgehead atoms. The summed E-state index contributed by atoms with van der Waals surface area (Å²) >= 11 is 0. The van der Waals surface area contributed by atoms with Gasteiger partial charge in [0.05, 0.1) is 0 Å². The molecular weight excluding hydrogens is 238 g/mol. The van der Waals surface area contributed by atoms with Crippen LogP contribution in [-0.4, -0.2) is 14.6 Å². The summed E-state index contributed by atoms with van der Waals surface area (Å²) in [6.45, 7) is 4.07. The molecule has 102 valence electrons. The fourth-order valence-electron chi connectivity index (χ4n) is 3.30. The molecule has 2 heterocycles. The van der Waals surface area contributed by atoms with E-state index >= 15 is 0 Å². The number of H-pyrrole nitrogens is 1. The standard InChI is InChI=1S/C15H21N3O/c1-3-11-9-16-18-14(11)17-10(2)13(15(18)19)12-7-5-4-6-8-12/h9,12,16H,3-8H2,1-2H3. The van der Waals surface area contributed by atoms with Gasteiger partial charge in [-0.3, -0.25) is 9.89 Å². The molecule has 1 fully saturated rings. The van der Waals surface area contributed by atoms with E-state index in [4.69, 9.17) is 0 Å². The summed E-state index contributed by atoms with van der Waals surface area (Å²) in [6, 6.07) is 0. The van der Waals surface area contributed by atoms with E-state index in [1.807, 2.05) is 13.1 Å². The van der Waals surface area contributed by atoms with E-state index in [2.05, 4.69) is 17.0 Å². The molecule has 1 aliphatic rings. The molecule has 1 saturated carbocycles. The van der Waals surface area contributed by atoms with Crippen molar-refractivity contribution in [2.24, 2.45) is 0 Å². The van der Waals surface area contributed by atoms with Crippen LogP contribution in [0.2, 0.25) is 0 Å². The third-order valence-corrected chi connectivity index (χ3v) is 4.36. The number of nitrogens with one attached hydrogen (secondary N) is 1. The molecule has 0 atom stereocenters.